The third kappa shape index (κ3) is 2.93. The second kappa shape index (κ2) is 5.73. The van der Waals surface area contributed by atoms with Gasteiger partial charge in [-0.05, 0) is 40.2 Å². The number of nitrogen functional groups attached to an aromatic ring is 1. The number of anilines is 1. The lowest BCUT2D eigenvalue weighted by Gasteiger charge is -2.09. The van der Waals surface area contributed by atoms with Crippen molar-refractivity contribution in [1.82, 2.24) is 14.5 Å². The van der Waals surface area contributed by atoms with E-state index in [0.717, 1.165) is 12.1 Å². The molecule has 0 aliphatic heterocycles. The van der Waals surface area contributed by atoms with Crippen LogP contribution >= 0.6 is 15.9 Å². The number of hydrogen-bond acceptors (Lipinski definition) is 4. The zero-order valence-electron chi connectivity index (χ0n) is 12.7. The maximum Gasteiger partial charge on any atom is 0.416 e. The molecule has 0 aliphatic rings. The van der Waals surface area contributed by atoms with Gasteiger partial charge in [0.2, 0.25) is 0 Å². The van der Waals surface area contributed by atoms with Crippen LogP contribution in [-0.2, 0) is 13.2 Å². The number of rotatable bonds is 2. The van der Waals surface area contributed by atoms with Crippen LogP contribution in [0.5, 0.6) is 0 Å². The van der Waals surface area contributed by atoms with Gasteiger partial charge in [-0.1, -0.05) is 0 Å². The predicted octanol–water partition coefficient (Wildman–Crippen LogP) is 3.10. The van der Waals surface area contributed by atoms with Crippen LogP contribution in [0.1, 0.15) is 16.1 Å². The topological polar surface area (TPSA) is 99.8 Å². The summed E-state index contributed by atoms with van der Waals surface area (Å²) in [6.45, 7) is 0. The number of fused-ring (bicyclic) bond motifs is 1. The molecule has 2 heterocycles. The second-order valence-corrected chi connectivity index (χ2v) is 6.17. The fourth-order valence-electron chi connectivity index (χ4n) is 2.41. The highest BCUT2D eigenvalue weighted by Gasteiger charge is 2.31. The SMILES string of the molecule is Cn1c(-c2nc(C(N)=O)cc(Br)c2N)nc2cc(C(F)(F)F)ccc21. The van der Waals surface area contributed by atoms with Gasteiger partial charge in [-0.25, -0.2) is 9.97 Å². The number of aryl methyl sites for hydroxylation is 1. The molecule has 10 heteroatoms. The number of pyridine rings is 1. The Morgan fingerprint density at radius 2 is 1.92 bits per heavy atom. The molecular formula is C15H11BrF3N5O. The van der Waals surface area contributed by atoms with Gasteiger partial charge in [0.25, 0.3) is 5.91 Å². The fraction of sp³-hybridized carbons (Fsp3) is 0.133. The summed E-state index contributed by atoms with van der Waals surface area (Å²) in [5, 5.41) is 0. The molecule has 0 unspecified atom stereocenters. The van der Waals surface area contributed by atoms with Crippen molar-refractivity contribution in [3.05, 3.63) is 40.0 Å². The molecule has 25 heavy (non-hydrogen) atoms. The van der Waals surface area contributed by atoms with Crippen molar-refractivity contribution in [3.8, 4) is 11.5 Å². The quantitative estimate of drug-likeness (QED) is 0.673. The Morgan fingerprint density at radius 3 is 2.52 bits per heavy atom. The van der Waals surface area contributed by atoms with Gasteiger partial charge in [-0.3, -0.25) is 4.79 Å². The minimum atomic E-state index is -4.47. The van der Waals surface area contributed by atoms with Crippen LogP contribution in [0, 0.1) is 0 Å². The first-order valence-electron chi connectivity index (χ1n) is 6.89. The lowest BCUT2D eigenvalue weighted by Crippen LogP contribution is -2.14. The van der Waals surface area contributed by atoms with Crippen LogP contribution < -0.4 is 11.5 Å². The van der Waals surface area contributed by atoms with Crippen molar-refractivity contribution >= 4 is 38.6 Å². The number of alkyl halides is 3. The smallest absolute Gasteiger partial charge is 0.396 e. The number of amides is 1. The van der Waals surface area contributed by atoms with Crippen molar-refractivity contribution in [2.24, 2.45) is 12.8 Å². The van der Waals surface area contributed by atoms with Crippen LogP contribution in [-0.4, -0.2) is 20.4 Å². The summed E-state index contributed by atoms with van der Waals surface area (Å²) in [5.74, 6) is -0.546. The number of halogens is 4. The Hall–Kier alpha value is -2.62. The minimum absolute atomic E-state index is 0.0425. The molecule has 0 saturated heterocycles. The highest BCUT2D eigenvalue weighted by molar-refractivity contribution is 9.10. The number of primary amides is 1. The Kier molecular flexibility index (Phi) is 3.94. The lowest BCUT2D eigenvalue weighted by molar-refractivity contribution is -0.137. The molecule has 3 aromatic rings. The van der Waals surface area contributed by atoms with E-state index in [4.69, 9.17) is 11.5 Å². The summed E-state index contributed by atoms with van der Waals surface area (Å²) in [7, 11) is 1.61. The summed E-state index contributed by atoms with van der Waals surface area (Å²) in [6.07, 6.45) is -4.47. The monoisotopic (exact) mass is 413 g/mol. The molecule has 0 saturated carbocycles. The van der Waals surface area contributed by atoms with E-state index in [1.165, 1.54) is 12.1 Å². The number of aromatic nitrogens is 3. The summed E-state index contributed by atoms with van der Waals surface area (Å²) in [5.41, 5.74) is 11.3. The Bertz CT molecular complexity index is 1010. The molecular weight excluding hydrogens is 403 g/mol. The summed E-state index contributed by atoms with van der Waals surface area (Å²) in [4.78, 5) is 19.7. The fourth-order valence-corrected chi connectivity index (χ4v) is 2.81. The Morgan fingerprint density at radius 1 is 1.24 bits per heavy atom. The molecule has 6 nitrogen and oxygen atoms in total. The van der Waals surface area contributed by atoms with Crippen LogP contribution in [0.3, 0.4) is 0 Å². The Labute approximate surface area is 147 Å². The number of benzene rings is 1. The van der Waals surface area contributed by atoms with Gasteiger partial charge in [0.15, 0.2) is 5.82 Å². The third-order valence-corrected chi connectivity index (χ3v) is 4.34. The van der Waals surface area contributed by atoms with Gasteiger partial charge in [-0.2, -0.15) is 13.2 Å². The van der Waals surface area contributed by atoms with Gasteiger partial charge >= 0.3 is 6.18 Å². The van der Waals surface area contributed by atoms with Crippen molar-refractivity contribution in [2.45, 2.75) is 6.18 Å². The average Bonchev–Trinajstić information content (AvgIpc) is 2.85. The van der Waals surface area contributed by atoms with E-state index in [1.54, 1.807) is 11.6 Å². The predicted molar refractivity (Wildman–Crippen MR) is 89.6 cm³/mol. The lowest BCUT2D eigenvalue weighted by atomic mass is 10.2. The van der Waals surface area contributed by atoms with E-state index < -0.39 is 17.6 Å². The van der Waals surface area contributed by atoms with Crippen molar-refractivity contribution < 1.29 is 18.0 Å². The van der Waals surface area contributed by atoms with E-state index in [2.05, 4.69) is 25.9 Å². The maximum atomic E-state index is 12.9. The molecule has 0 bridgehead atoms. The van der Waals surface area contributed by atoms with Crippen LogP contribution in [0.4, 0.5) is 18.9 Å². The van der Waals surface area contributed by atoms with Gasteiger partial charge in [0.05, 0.1) is 22.3 Å². The van der Waals surface area contributed by atoms with Crippen molar-refractivity contribution in [1.29, 1.82) is 0 Å². The third-order valence-electron chi connectivity index (χ3n) is 3.68. The first kappa shape index (κ1) is 17.2. The molecule has 1 amide bonds. The molecule has 3 rings (SSSR count). The van der Waals surface area contributed by atoms with Crippen molar-refractivity contribution in [3.63, 3.8) is 0 Å². The minimum Gasteiger partial charge on any atom is -0.396 e. The number of nitrogens with two attached hydrogens (primary N) is 2. The van der Waals surface area contributed by atoms with E-state index in [-0.39, 0.29) is 28.4 Å². The first-order valence-corrected chi connectivity index (χ1v) is 7.68. The number of imidazole rings is 1. The first-order chi connectivity index (χ1) is 11.6. The maximum absolute atomic E-state index is 12.9. The molecule has 1 aromatic carbocycles. The van der Waals surface area contributed by atoms with Gasteiger partial charge < -0.3 is 16.0 Å². The number of nitrogens with zero attached hydrogens (tertiary/aromatic N) is 3. The molecule has 0 spiro atoms. The van der Waals surface area contributed by atoms with E-state index in [1.807, 2.05) is 0 Å². The highest BCUT2D eigenvalue weighted by Crippen LogP contribution is 2.34. The van der Waals surface area contributed by atoms with Crippen LogP contribution in [0.15, 0.2) is 28.7 Å². The summed E-state index contributed by atoms with van der Waals surface area (Å²) < 4.78 is 40.6. The molecule has 130 valence electrons. The highest BCUT2D eigenvalue weighted by atomic mass is 79.9. The molecule has 0 atom stereocenters. The van der Waals surface area contributed by atoms with E-state index >= 15 is 0 Å². The number of hydrogen-bond donors (Lipinski definition) is 2. The molecule has 0 radical (unpaired) electrons. The number of carbonyl (C=O) groups excluding carboxylic acids is 1. The largest absolute Gasteiger partial charge is 0.416 e. The Balaban J connectivity index is 2.26. The zero-order valence-corrected chi connectivity index (χ0v) is 14.3. The van der Waals surface area contributed by atoms with E-state index in [0.29, 0.717) is 9.99 Å². The zero-order chi connectivity index (χ0) is 18.5. The second-order valence-electron chi connectivity index (χ2n) is 5.31. The normalized spacial score (nSPS) is 11.9. The average molecular weight is 414 g/mol. The summed E-state index contributed by atoms with van der Waals surface area (Å²) in [6, 6.07) is 4.60. The molecule has 2 aromatic heterocycles. The van der Waals surface area contributed by atoms with Crippen molar-refractivity contribution in [2.75, 3.05) is 5.73 Å². The standard InChI is InChI=1S/C15H11BrF3N5O/c1-24-10-3-2-6(15(17,18)19)4-8(10)23-14(24)12-11(20)7(16)5-9(22-12)13(21)25/h2-5H,20H2,1H3,(H2,21,25). The molecule has 0 fully saturated rings. The molecule has 4 N–H and O–H groups in total. The van der Waals surface area contributed by atoms with Gasteiger partial charge in [0.1, 0.15) is 11.4 Å². The van der Waals surface area contributed by atoms with Gasteiger partial charge in [0, 0.05) is 11.5 Å². The van der Waals surface area contributed by atoms with Gasteiger partial charge in [-0.15, -0.1) is 0 Å². The van der Waals surface area contributed by atoms with E-state index in [9.17, 15) is 18.0 Å². The molecule has 0 aliphatic carbocycles. The summed E-state index contributed by atoms with van der Waals surface area (Å²) >= 11 is 3.21. The van der Waals surface area contributed by atoms with Crippen LogP contribution in [0.2, 0.25) is 0 Å². The van der Waals surface area contributed by atoms with Crippen LogP contribution in [0.25, 0.3) is 22.6 Å². The number of carbonyl (C=O) groups is 1.